The molecule has 0 aromatic carbocycles. The molecule has 56 valence electrons. The monoisotopic (exact) mass is 146 g/mol. The molecule has 0 aromatic rings. The Morgan fingerprint density at radius 3 is 2.73 bits per heavy atom. The Kier molecular flexibility index (Phi) is 2.64. The predicted molar refractivity (Wildman–Crippen MR) is 37.8 cm³/mol. The summed E-state index contributed by atoms with van der Waals surface area (Å²) < 4.78 is 0. The Hall–Kier alpha value is 0.0274. The van der Waals surface area contributed by atoms with Crippen LogP contribution in [0.2, 0.25) is 0 Å². The number of nitrogens with one attached hydrogen (secondary N) is 1. The van der Waals surface area contributed by atoms with Crippen LogP contribution in [-0.4, -0.2) is 24.5 Å². The number of carbonyl (C=O) groups is 1. The van der Waals surface area contributed by atoms with Crippen molar-refractivity contribution in [2.24, 2.45) is 0 Å². The molecule has 1 atom stereocenters. The molecule has 4 heteroatoms. The number of hydrogen-bond acceptors (Lipinski definition) is 1. The van der Waals surface area contributed by atoms with Crippen molar-refractivity contribution >= 4 is 5.91 Å². The van der Waals surface area contributed by atoms with Crippen molar-refractivity contribution in [1.29, 1.82) is 0 Å². The van der Waals surface area contributed by atoms with Crippen LogP contribution < -0.4 is 24.2 Å². The average molecular weight is 146 g/mol. The minimum absolute atomic E-state index is 0. The third-order valence-corrected chi connectivity index (χ3v) is 2.29. The summed E-state index contributed by atoms with van der Waals surface area (Å²) in [6.07, 6.45) is 2.97. The number of β-lactam (4-membered cyclic amide) rings is 1. The maximum absolute atomic E-state index is 10.6. The van der Waals surface area contributed by atoms with E-state index in [4.69, 9.17) is 0 Å². The van der Waals surface area contributed by atoms with E-state index in [1.54, 1.807) is 0 Å². The molecule has 0 bridgehead atoms. The van der Waals surface area contributed by atoms with E-state index in [1.165, 1.54) is 0 Å². The molecule has 11 heavy (non-hydrogen) atoms. The van der Waals surface area contributed by atoms with Crippen LogP contribution in [0.25, 0.3) is 5.32 Å². The molecule has 0 radical (unpaired) electrons. The molecule has 0 saturated carbocycles. The third kappa shape index (κ3) is 1.61. The van der Waals surface area contributed by atoms with E-state index in [2.05, 4.69) is 10.6 Å². The Morgan fingerprint density at radius 1 is 1.55 bits per heavy atom. The van der Waals surface area contributed by atoms with Crippen molar-refractivity contribution in [2.45, 2.75) is 24.8 Å². The molecule has 2 aliphatic heterocycles. The van der Waals surface area contributed by atoms with E-state index in [-0.39, 0.29) is 30.3 Å². The van der Waals surface area contributed by atoms with Crippen molar-refractivity contribution in [3.05, 3.63) is 5.32 Å². The van der Waals surface area contributed by atoms with Crippen LogP contribution in [0, 0.1) is 0 Å². The van der Waals surface area contributed by atoms with Crippen LogP contribution in [0.4, 0.5) is 0 Å². The van der Waals surface area contributed by atoms with E-state index in [0.717, 1.165) is 25.9 Å². The first kappa shape index (κ1) is 9.12. The van der Waals surface area contributed by atoms with Crippen molar-refractivity contribution in [3.63, 3.8) is 0 Å². The van der Waals surface area contributed by atoms with Gasteiger partial charge < -0.3 is 10.6 Å². The van der Waals surface area contributed by atoms with E-state index in [9.17, 15) is 4.79 Å². The molecule has 2 fully saturated rings. The fourth-order valence-electron chi connectivity index (χ4n) is 1.73. The summed E-state index contributed by atoms with van der Waals surface area (Å²) in [4.78, 5) is 10.6. The molecular formula is C7H11LiN2O. The molecule has 2 heterocycles. The van der Waals surface area contributed by atoms with Crippen LogP contribution in [0.15, 0.2) is 0 Å². The molecule has 2 aliphatic rings. The molecule has 1 amide bonds. The molecule has 0 aliphatic carbocycles. The topological polar surface area (TPSA) is 43.2 Å². The minimum atomic E-state index is 0. The molecule has 3 nitrogen and oxygen atoms in total. The Morgan fingerprint density at radius 2 is 2.27 bits per heavy atom. The fourth-order valence-corrected chi connectivity index (χ4v) is 1.73. The second-order valence-corrected chi connectivity index (χ2v) is 3.21. The average Bonchev–Trinajstić information content (AvgIpc) is 1.87. The number of rotatable bonds is 0. The largest absolute Gasteiger partial charge is 1.00 e. The maximum Gasteiger partial charge on any atom is 1.00 e. The second-order valence-electron chi connectivity index (χ2n) is 3.21. The third-order valence-electron chi connectivity index (χ3n) is 2.29. The van der Waals surface area contributed by atoms with Gasteiger partial charge in [0.25, 0.3) is 0 Å². The molecule has 2 saturated heterocycles. The van der Waals surface area contributed by atoms with Gasteiger partial charge >= 0.3 is 18.9 Å². The summed E-state index contributed by atoms with van der Waals surface area (Å²) in [5.74, 6) is 0.192. The van der Waals surface area contributed by atoms with Gasteiger partial charge in [0.1, 0.15) is 0 Å². The Bertz CT molecular complexity index is 156. The molecule has 1 N–H and O–H groups in total. The van der Waals surface area contributed by atoms with Crippen LogP contribution in [0.1, 0.15) is 19.3 Å². The first-order valence-corrected chi connectivity index (χ1v) is 3.75. The quantitative estimate of drug-likeness (QED) is 0.296. The number of piperidine rings is 1. The van der Waals surface area contributed by atoms with Crippen molar-refractivity contribution in [1.82, 2.24) is 5.32 Å². The van der Waals surface area contributed by atoms with Gasteiger partial charge in [-0.15, -0.1) is 13.1 Å². The summed E-state index contributed by atoms with van der Waals surface area (Å²) in [6.45, 7) is 1.83. The van der Waals surface area contributed by atoms with Gasteiger partial charge in [0.05, 0.1) is 0 Å². The minimum Gasteiger partial charge on any atom is -0.660 e. The Labute approximate surface area is 78.5 Å². The predicted octanol–water partition coefficient (Wildman–Crippen LogP) is -2.58. The van der Waals surface area contributed by atoms with Crippen LogP contribution >= 0.6 is 0 Å². The van der Waals surface area contributed by atoms with Gasteiger partial charge in [0.2, 0.25) is 5.91 Å². The second kappa shape index (κ2) is 3.18. The van der Waals surface area contributed by atoms with Crippen LogP contribution in [0.5, 0.6) is 0 Å². The zero-order valence-electron chi connectivity index (χ0n) is 6.89. The van der Waals surface area contributed by atoms with Gasteiger partial charge in [-0.25, -0.2) is 0 Å². The summed E-state index contributed by atoms with van der Waals surface area (Å²) in [5, 5.41) is 7.20. The smallest absolute Gasteiger partial charge is 0.660 e. The van der Waals surface area contributed by atoms with Crippen molar-refractivity contribution in [2.75, 3.05) is 13.1 Å². The van der Waals surface area contributed by atoms with Crippen molar-refractivity contribution < 1.29 is 23.7 Å². The number of nitrogens with zero attached hydrogens (tertiary/aromatic N) is 1. The van der Waals surface area contributed by atoms with Crippen LogP contribution in [-0.2, 0) is 4.79 Å². The molecule has 1 unspecified atom stereocenters. The zero-order valence-corrected chi connectivity index (χ0v) is 6.89. The standard InChI is InChI=1S/C7H11N2O.Li/c10-6-4-7(9-6)2-1-3-8-5-7;/h1-5H2,(H,9,10);/q-1;+1. The summed E-state index contributed by atoms with van der Waals surface area (Å²) in [6, 6.07) is 0. The van der Waals surface area contributed by atoms with Gasteiger partial charge in [-0.3, -0.25) is 4.79 Å². The SMILES string of the molecule is O=C1CC2(CCC[N-]C2)N1.[Li+]. The number of carbonyl (C=O) groups excluding carboxylic acids is 1. The maximum atomic E-state index is 10.6. The van der Waals surface area contributed by atoms with Gasteiger partial charge in [-0.2, -0.15) is 0 Å². The first-order chi connectivity index (χ1) is 4.81. The fraction of sp³-hybridized carbons (Fsp3) is 0.857. The number of hydrogen-bond donors (Lipinski definition) is 1. The normalized spacial score (nSPS) is 35.5. The van der Waals surface area contributed by atoms with E-state index in [0.29, 0.717) is 6.42 Å². The molecule has 2 rings (SSSR count). The summed E-state index contributed by atoms with van der Waals surface area (Å²) in [7, 11) is 0. The van der Waals surface area contributed by atoms with Crippen molar-refractivity contribution in [3.8, 4) is 0 Å². The van der Waals surface area contributed by atoms with Gasteiger partial charge in [0, 0.05) is 12.0 Å². The van der Waals surface area contributed by atoms with Gasteiger partial charge in [-0.1, -0.05) is 6.42 Å². The molecule has 1 spiro atoms. The Balaban J connectivity index is 0.000000605. The number of amides is 1. The van der Waals surface area contributed by atoms with Gasteiger partial charge in [0.15, 0.2) is 0 Å². The van der Waals surface area contributed by atoms with E-state index in [1.807, 2.05) is 0 Å². The van der Waals surface area contributed by atoms with Crippen LogP contribution in [0.3, 0.4) is 0 Å². The van der Waals surface area contributed by atoms with E-state index >= 15 is 0 Å². The zero-order chi connectivity index (χ0) is 7.03. The molecule has 0 aromatic heterocycles. The molecular weight excluding hydrogens is 135 g/mol. The van der Waals surface area contributed by atoms with E-state index < -0.39 is 0 Å². The summed E-state index contributed by atoms with van der Waals surface area (Å²) >= 11 is 0. The first-order valence-electron chi connectivity index (χ1n) is 3.75. The summed E-state index contributed by atoms with van der Waals surface area (Å²) in [5.41, 5.74) is 0.106. The van der Waals surface area contributed by atoms with Gasteiger partial charge in [-0.05, 0) is 6.42 Å².